The molecule has 1 fully saturated rings. The Morgan fingerprint density at radius 3 is 2.47 bits per heavy atom. The van der Waals surface area contributed by atoms with Gasteiger partial charge in [0.2, 0.25) is 0 Å². The Balaban J connectivity index is 1.95. The van der Waals surface area contributed by atoms with E-state index in [1.165, 1.54) is 18.4 Å². The van der Waals surface area contributed by atoms with Crippen LogP contribution in [0.3, 0.4) is 0 Å². The second-order valence-corrected chi connectivity index (χ2v) is 4.21. The second kappa shape index (κ2) is 4.95. The van der Waals surface area contributed by atoms with Crippen LogP contribution < -0.4 is 5.32 Å². The minimum absolute atomic E-state index is 0.754. The van der Waals surface area contributed by atoms with Gasteiger partial charge in [0.25, 0.3) is 0 Å². The first kappa shape index (κ1) is 10.2. The van der Waals surface area contributed by atoms with Crippen LogP contribution in [0.1, 0.15) is 24.0 Å². The lowest BCUT2D eigenvalue weighted by Crippen LogP contribution is -2.28. The van der Waals surface area contributed by atoms with Gasteiger partial charge in [-0.05, 0) is 56.0 Å². The van der Waals surface area contributed by atoms with Gasteiger partial charge in [-0.2, -0.15) is 5.26 Å². The zero-order valence-corrected chi connectivity index (χ0v) is 8.87. The molecular formula is C13H16N2. The molecule has 1 N–H and O–H groups in total. The van der Waals surface area contributed by atoms with Crippen LogP contribution in [0.2, 0.25) is 0 Å². The quantitative estimate of drug-likeness (QED) is 0.793. The maximum Gasteiger partial charge on any atom is 0.0991 e. The Bertz CT molecular complexity index is 342. The van der Waals surface area contributed by atoms with Crippen LogP contribution in [0.5, 0.6) is 0 Å². The Morgan fingerprint density at radius 2 is 1.87 bits per heavy atom. The van der Waals surface area contributed by atoms with Gasteiger partial charge in [-0.25, -0.2) is 0 Å². The molecule has 15 heavy (non-hydrogen) atoms. The van der Waals surface area contributed by atoms with Crippen LogP contribution in [0.25, 0.3) is 0 Å². The van der Waals surface area contributed by atoms with Crippen molar-refractivity contribution in [2.45, 2.75) is 19.3 Å². The molecule has 1 aliphatic rings. The number of nitrogens with zero attached hydrogens (tertiary/aromatic N) is 1. The third-order valence-electron chi connectivity index (χ3n) is 3.07. The highest BCUT2D eigenvalue weighted by Crippen LogP contribution is 2.18. The van der Waals surface area contributed by atoms with Crippen molar-refractivity contribution in [2.24, 2.45) is 5.92 Å². The summed E-state index contributed by atoms with van der Waals surface area (Å²) >= 11 is 0. The summed E-state index contributed by atoms with van der Waals surface area (Å²) in [6.45, 7) is 2.31. The zero-order valence-electron chi connectivity index (χ0n) is 8.87. The highest BCUT2D eigenvalue weighted by molar-refractivity contribution is 5.31. The summed E-state index contributed by atoms with van der Waals surface area (Å²) in [5, 5.41) is 12.1. The van der Waals surface area contributed by atoms with E-state index in [1.807, 2.05) is 12.1 Å². The number of nitrogens with one attached hydrogen (secondary N) is 1. The Morgan fingerprint density at radius 1 is 1.20 bits per heavy atom. The fourth-order valence-corrected chi connectivity index (χ4v) is 2.13. The molecule has 2 nitrogen and oxygen atoms in total. The zero-order chi connectivity index (χ0) is 10.5. The van der Waals surface area contributed by atoms with Crippen LogP contribution in [-0.2, 0) is 6.42 Å². The van der Waals surface area contributed by atoms with Crippen LogP contribution in [0, 0.1) is 17.2 Å². The monoisotopic (exact) mass is 200 g/mol. The van der Waals surface area contributed by atoms with E-state index in [9.17, 15) is 0 Å². The molecule has 0 radical (unpaired) electrons. The van der Waals surface area contributed by atoms with Crippen molar-refractivity contribution >= 4 is 0 Å². The third kappa shape index (κ3) is 2.81. The van der Waals surface area contributed by atoms with E-state index in [0.717, 1.165) is 31.0 Å². The van der Waals surface area contributed by atoms with Crippen molar-refractivity contribution in [1.82, 2.24) is 5.32 Å². The number of benzene rings is 1. The van der Waals surface area contributed by atoms with Gasteiger partial charge in [-0.3, -0.25) is 0 Å². The van der Waals surface area contributed by atoms with E-state index >= 15 is 0 Å². The van der Waals surface area contributed by atoms with Crippen molar-refractivity contribution < 1.29 is 0 Å². The van der Waals surface area contributed by atoms with Crippen LogP contribution >= 0.6 is 0 Å². The molecular weight excluding hydrogens is 184 g/mol. The lowest BCUT2D eigenvalue weighted by atomic mass is 9.91. The van der Waals surface area contributed by atoms with Gasteiger partial charge in [0, 0.05) is 0 Å². The average Bonchev–Trinajstić information content (AvgIpc) is 2.31. The van der Waals surface area contributed by atoms with Crippen LogP contribution in [0.4, 0.5) is 0 Å². The molecule has 1 saturated heterocycles. The summed E-state index contributed by atoms with van der Waals surface area (Å²) in [7, 11) is 0. The number of hydrogen-bond acceptors (Lipinski definition) is 2. The summed E-state index contributed by atoms with van der Waals surface area (Å²) in [5.41, 5.74) is 2.12. The minimum atomic E-state index is 0.754. The highest BCUT2D eigenvalue weighted by Gasteiger charge is 2.13. The van der Waals surface area contributed by atoms with Crippen LogP contribution in [0.15, 0.2) is 24.3 Å². The van der Waals surface area contributed by atoms with Gasteiger partial charge in [0.05, 0.1) is 11.6 Å². The largest absolute Gasteiger partial charge is 0.317 e. The summed E-state index contributed by atoms with van der Waals surface area (Å²) in [4.78, 5) is 0. The molecule has 0 unspecified atom stereocenters. The van der Waals surface area contributed by atoms with Crippen LogP contribution in [-0.4, -0.2) is 13.1 Å². The van der Waals surface area contributed by atoms with E-state index in [2.05, 4.69) is 23.5 Å². The fourth-order valence-electron chi connectivity index (χ4n) is 2.13. The van der Waals surface area contributed by atoms with E-state index in [-0.39, 0.29) is 0 Å². The molecule has 0 atom stereocenters. The molecule has 0 aliphatic carbocycles. The van der Waals surface area contributed by atoms with Crippen molar-refractivity contribution in [1.29, 1.82) is 5.26 Å². The molecule has 0 aromatic heterocycles. The lowest BCUT2D eigenvalue weighted by Gasteiger charge is -2.22. The third-order valence-corrected chi connectivity index (χ3v) is 3.07. The van der Waals surface area contributed by atoms with E-state index in [0.29, 0.717) is 0 Å². The molecule has 2 rings (SSSR count). The minimum Gasteiger partial charge on any atom is -0.317 e. The smallest absolute Gasteiger partial charge is 0.0991 e. The standard InChI is InChI=1S/C13H16N2/c14-10-13-3-1-11(2-4-13)9-12-5-7-15-8-6-12/h1-4,12,15H,5-9H2. The average molecular weight is 200 g/mol. The van der Waals surface area contributed by atoms with Crippen molar-refractivity contribution in [3.63, 3.8) is 0 Å². The topological polar surface area (TPSA) is 35.8 Å². The number of hydrogen-bond donors (Lipinski definition) is 1. The van der Waals surface area contributed by atoms with Crippen molar-refractivity contribution in [3.8, 4) is 6.07 Å². The first-order chi connectivity index (χ1) is 7.38. The summed E-state index contributed by atoms with van der Waals surface area (Å²) in [6, 6.07) is 10.1. The first-order valence-electron chi connectivity index (χ1n) is 5.58. The molecule has 1 aliphatic heterocycles. The van der Waals surface area contributed by atoms with Gasteiger partial charge in [0.15, 0.2) is 0 Å². The first-order valence-corrected chi connectivity index (χ1v) is 5.58. The fraction of sp³-hybridized carbons (Fsp3) is 0.462. The molecule has 1 aromatic carbocycles. The van der Waals surface area contributed by atoms with Gasteiger partial charge >= 0.3 is 0 Å². The summed E-state index contributed by atoms with van der Waals surface area (Å²) in [5.74, 6) is 0.819. The normalized spacial score (nSPS) is 17.3. The van der Waals surface area contributed by atoms with Crippen molar-refractivity contribution in [3.05, 3.63) is 35.4 Å². The SMILES string of the molecule is N#Cc1ccc(CC2CCNCC2)cc1. The Labute approximate surface area is 90.9 Å². The molecule has 0 spiro atoms. The predicted octanol–water partition coefficient (Wildman–Crippen LogP) is 2.10. The second-order valence-electron chi connectivity index (χ2n) is 4.21. The summed E-state index contributed by atoms with van der Waals surface area (Å²) in [6.07, 6.45) is 3.72. The summed E-state index contributed by atoms with van der Waals surface area (Å²) < 4.78 is 0. The lowest BCUT2D eigenvalue weighted by molar-refractivity contribution is 0.372. The Kier molecular flexibility index (Phi) is 3.37. The van der Waals surface area contributed by atoms with Gasteiger partial charge in [0.1, 0.15) is 0 Å². The molecule has 1 aromatic rings. The maximum absolute atomic E-state index is 8.69. The molecule has 2 heteroatoms. The number of nitriles is 1. The number of rotatable bonds is 2. The van der Waals surface area contributed by atoms with Crippen molar-refractivity contribution in [2.75, 3.05) is 13.1 Å². The predicted molar refractivity (Wildman–Crippen MR) is 60.5 cm³/mol. The van der Waals surface area contributed by atoms with E-state index in [1.54, 1.807) is 0 Å². The molecule has 0 amide bonds. The molecule has 78 valence electrons. The number of piperidine rings is 1. The molecule has 0 saturated carbocycles. The molecule has 1 heterocycles. The Hall–Kier alpha value is -1.33. The molecule has 0 bridgehead atoms. The van der Waals surface area contributed by atoms with Gasteiger partial charge < -0.3 is 5.32 Å². The van der Waals surface area contributed by atoms with Gasteiger partial charge in [-0.1, -0.05) is 12.1 Å². The van der Waals surface area contributed by atoms with Gasteiger partial charge in [-0.15, -0.1) is 0 Å². The van der Waals surface area contributed by atoms with E-state index in [4.69, 9.17) is 5.26 Å². The highest BCUT2D eigenvalue weighted by atomic mass is 14.9. The van der Waals surface area contributed by atoms with E-state index < -0.39 is 0 Å². The maximum atomic E-state index is 8.69.